The lowest BCUT2D eigenvalue weighted by Crippen LogP contribution is -2.09. The number of phenolic OH excluding ortho intramolecular Hbond substituents is 2. The average molecular weight is 401 g/mol. The van der Waals surface area contributed by atoms with Gasteiger partial charge in [-0.1, -0.05) is 6.07 Å². The van der Waals surface area contributed by atoms with Crippen molar-refractivity contribution in [3.8, 4) is 17.6 Å². The van der Waals surface area contributed by atoms with Crippen molar-refractivity contribution in [2.24, 2.45) is 0 Å². The van der Waals surface area contributed by atoms with E-state index in [2.05, 4.69) is 0 Å². The van der Waals surface area contributed by atoms with E-state index in [1.54, 1.807) is 0 Å². The zero-order valence-corrected chi connectivity index (χ0v) is 14.5. The highest BCUT2D eigenvalue weighted by Crippen LogP contribution is 2.51. The van der Waals surface area contributed by atoms with Crippen molar-refractivity contribution < 1.29 is 32.2 Å². The molecule has 1 heterocycles. The summed E-state index contributed by atoms with van der Waals surface area (Å²) in [5, 5.41) is 28.7. The number of furan rings is 1. The fraction of sp³-hybridized carbons (Fsp3) is 0.0952. The molecule has 29 heavy (non-hydrogen) atoms. The molecule has 2 N–H and O–H groups in total. The van der Waals surface area contributed by atoms with E-state index in [9.17, 15) is 33.0 Å². The van der Waals surface area contributed by atoms with Gasteiger partial charge in [0, 0.05) is 11.5 Å². The van der Waals surface area contributed by atoms with Crippen LogP contribution in [0.25, 0.3) is 11.6 Å². The molecule has 0 radical (unpaired) electrons. The van der Waals surface area contributed by atoms with Crippen LogP contribution in [0.4, 0.5) is 17.6 Å². The van der Waals surface area contributed by atoms with Crippen molar-refractivity contribution >= 4 is 11.6 Å². The van der Waals surface area contributed by atoms with Crippen molar-refractivity contribution in [2.75, 3.05) is 0 Å². The summed E-state index contributed by atoms with van der Waals surface area (Å²) in [6.07, 6.45) is -2.26. The highest BCUT2D eigenvalue weighted by atomic mass is 19.4. The molecular weight excluding hydrogens is 390 g/mol. The summed E-state index contributed by atoms with van der Waals surface area (Å²) >= 11 is 0. The molecule has 4 nitrogen and oxygen atoms in total. The van der Waals surface area contributed by atoms with Gasteiger partial charge in [0.1, 0.15) is 11.8 Å². The first-order chi connectivity index (χ1) is 13.7. The lowest BCUT2D eigenvalue weighted by atomic mass is 9.85. The zero-order valence-electron chi connectivity index (χ0n) is 14.5. The fourth-order valence-corrected chi connectivity index (χ4v) is 3.61. The first-order valence-electron chi connectivity index (χ1n) is 8.32. The third-order valence-electron chi connectivity index (χ3n) is 4.81. The van der Waals surface area contributed by atoms with Crippen molar-refractivity contribution in [1.29, 1.82) is 5.26 Å². The summed E-state index contributed by atoms with van der Waals surface area (Å²) in [6.45, 7) is 0. The number of allylic oxidation sites excluding steroid dienone is 1. The first-order valence-corrected chi connectivity index (χ1v) is 8.32. The normalized spacial score (nSPS) is 15.7. The summed E-state index contributed by atoms with van der Waals surface area (Å²) in [4.78, 5) is 0. The molecule has 0 aliphatic heterocycles. The smallest absolute Gasteiger partial charge is 0.417 e. The average Bonchev–Trinajstić information content (AvgIpc) is 3.26. The third-order valence-corrected chi connectivity index (χ3v) is 4.81. The summed E-state index contributed by atoms with van der Waals surface area (Å²) in [7, 11) is 0. The van der Waals surface area contributed by atoms with Gasteiger partial charge in [0.15, 0.2) is 11.6 Å². The number of fused-ring (bicyclic) bond motifs is 1. The molecule has 1 aliphatic carbocycles. The van der Waals surface area contributed by atoms with E-state index in [1.807, 2.05) is 6.07 Å². The standard InChI is InChI=1S/C21H11F4NO3/c22-17-5-10(1-2-18(17)28)13-8-14-15(6-11(27)7-16(14)21(23,24)25)20(13)12-3-4-29-19(12)9-26/h1-8,20,27-28H. The molecule has 1 unspecified atom stereocenters. The number of alkyl halides is 3. The fourth-order valence-electron chi connectivity index (χ4n) is 3.61. The van der Waals surface area contributed by atoms with Crippen LogP contribution in [-0.4, -0.2) is 10.2 Å². The van der Waals surface area contributed by atoms with Gasteiger partial charge in [0.05, 0.1) is 11.8 Å². The Kier molecular flexibility index (Phi) is 4.12. The monoisotopic (exact) mass is 401 g/mol. The Morgan fingerprint density at radius 2 is 1.79 bits per heavy atom. The summed E-state index contributed by atoms with van der Waals surface area (Å²) in [5.74, 6) is -3.14. The number of aromatic hydroxyl groups is 2. The van der Waals surface area contributed by atoms with Crippen LogP contribution in [0.5, 0.6) is 11.5 Å². The largest absolute Gasteiger partial charge is 0.508 e. The molecule has 1 atom stereocenters. The van der Waals surface area contributed by atoms with Crippen LogP contribution in [0.3, 0.4) is 0 Å². The molecule has 1 aliphatic rings. The third kappa shape index (κ3) is 3.01. The Hall–Kier alpha value is -3.73. The number of nitriles is 1. The molecule has 0 fully saturated rings. The van der Waals surface area contributed by atoms with Gasteiger partial charge < -0.3 is 14.6 Å². The van der Waals surface area contributed by atoms with Gasteiger partial charge in [-0.25, -0.2) is 4.39 Å². The number of rotatable bonds is 2. The number of hydrogen-bond acceptors (Lipinski definition) is 4. The molecule has 1 aromatic heterocycles. The van der Waals surface area contributed by atoms with Crippen LogP contribution in [0, 0.1) is 17.1 Å². The predicted octanol–water partition coefficient (Wildman–Crippen LogP) is 5.41. The molecule has 2 aromatic carbocycles. The molecular formula is C21H11F4NO3. The van der Waals surface area contributed by atoms with Crippen LogP contribution in [0.2, 0.25) is 0 Å². The molecule has 0 saturated carbocycles. The van der Waals surface area contributed by atoms with E-state index >= 15 is 0 Å². The van der Waals surface area contributed by atoms with Gasteiger partial charge in [0.25, 0.3) is 0 Å². The maximum atomic E-state index is 13.9. The zero-order chi connectivity index (χ0) is 20.9. The second-order valence-corrected chi connectivity index (χ2v) is 6.51. The number of nitrogens with zero attached hydrogens (tertiary/aromatic N) is 1. The molecule has 0 saturated heterocycles. The van der Waals surface area contributed by atoms with Crippen molar-refractivity contribution in [1.82, 2.24) is 0 Å². The van der Waals surface area contributed by atoms with Crippen LogP contribution in [0.1, 0.15) is 39.5 Å². The number of benzene rings is 2. The van der Waals surface area contributed by atoms with Gasteiger partial charge in [-0.3, -0.25) is 0 Å². The molecule has 3 aromatic rings. The van der Waals surface area contributed by atoms with Crippen LogP contribution >= 0.6 is 0 Å². The Bertz CT molecular complexity index is 1200. The van der Waals surface area contributed by atoms with Crippen LogP contribution in [0.15, 0.2) is 47.1 Å². The van der Waals surface area contributed by atoms with Gasteiger partial charge in [0.2, 0.25) is 5.76 Å². The Balaban J connectivity index is 2.02. The van der Waals surface area contributed by atoms with E-state index in [0.717, 1.165) is 12.1 Å². The van der Waals surface area contributed by atoms with E-state index < -0.39 is 35.0 Å². The number of hydrogen-bond donors (Lipinski definition) is 2. The van der Waals surface area contributed by atoms with Gasteiger partial charge in [-0.05, 0) is 58.7 Å². The maximum absolute atomic E-state index is 13.9. The van der Waals surface area contributed by atoms with E-state index in [0.29, 0.717) is 6.07 Å². The molecule has 0 amide bonds. The van der Waals surface area contributed by atoms with Crippen LogP contribution < -0.4 is 0 Å². The maximum Gasteiger partial charge on any atom is 0.417 e. The van der Waals surface area contributed by atoms with E-state index in [4.69, 9.17) is 4.42 Å². The Morgan fingerprint density at radius 1 is 1.03 bits per heavy atom. The summed E-state index contributed by atoms with van der Waals surface area (Å²) in [6, 6.07) is 8.54. The molecule has 0 spiro atoms. The van der Waals surface area contributed by atoms with Crippen LogP contribution in [-0.2, 0) is 6.18 Å². The van der Waals surface area contributed by atoms with Gasteiger partial charge >= 0.3 is 6.18 Å². The minimum Gasteiger partial charge on any atom is -0.508 e. The van der Waals surface area contributed by atoms with Gasteiger partial charge in [-0.15, -0.1) is 0 Å². The minimum atomic E-state index is -4.74. The SMILES string of the molecule is N#Cc1occc1C1C(c2ccc(O)c(F)c2)=Cc2c1cc(O)cc2C(F)(F)F. The van der Waals surface area contributed by atoms with Crippen molar-refractivity contribution in [3.05, 3.63) is 82.1 Å². The lowest BCUT2D eigenvalue weighted by Gasteiger charge is -2.18. The van der Waals surface area contributed by atoms with E-state index in [1.165, 1.54) is 30.5 Å². The topological polar surface area (TPSA) is 77.4 Å². The van der Waals surface area contributed by atoms with E-state index in [-0.39, 0.29) is 33.6 Å². The molecule has 8 heteroatoms. The second kappa shape index (κ2) is 6.41. The van der Waals surface area contributed by atoms with Gasteiger partial charge in [-0.2, -0.15) is 18.4 Å². The quantitative estimate of drug-likeness (QED) is 0.563. The summed E-state index contributed by atoms with van der Waals surface area (Å²) < 4.78 is 59.8. The Morgan fingerprint density at radius 3 is 2.45 bits per heavy atom. The lowest BCUT2D eigenvalue weighted by molar-refractivity contribution is -0.137. The highest BCUT2D eigenvalue weighted by molar-refractivity contribution is 5.95. The molecule has 146 valence electrons. The predicted molar refractivity (Wildman–Crippen MR) is 94.3 cm³/mol. The number of phenols is 2. The van der Waals surface area contributed by atoms with Crippen molar-refractivity contribution in [3.63, 3.8) is 0 Å². The highest BCUT2D eigenvalue weighted by Gasteiger charge is 2.40. The molecule has 4 rings (SSSR count). The van der Waals surface area contributed by atoms with Crippen molar-refractivity contribution in [2.45, 2.75) is 12.1 Å². The first kappa shape index (κ1) is 18.6. The molecule has 0 bridgehead atoms. The minimum absolute atomic E-state index is 0.107. The second-order valence-electron chi connectivity index (χ2n) is 6.51. The number of halogens is 4. The Labute approximate surface area is 161 Å². The summed E-state index contributed by atoms with van der Waals surface area (Å²) in [5.41, 5.74) is -0.349.